The van der Waals surface area contributed by atoms with E-state index in [9.17, 15) is 14.3 Å². The first-order valence-corrected chi connectivity index (χ1v) is 8.62. The molecule has 3 rings (SSSR count). The summed E-state index contributed by atoms with van der Waals surface area (Å²) < 4.78 is 15.3. The quantitative estimate of drug-likeness (QED) is 0.664. The van der Waals surface area contributed by atoms with E-state index in [1.165, 1.54) is 35.3 Å². The molecule has 0 aliphatic carbocycles. The molecule has 0 unspecified atom stereocenters. The van der Waals surface area contributed by atoms with Crippen molar-refractivity contribution in [3.8, 4) is 0 Å². The second kappa shape index (κ2) is 7.76. The number of carbonyl (C=O) groups is 1. The van der Waals surface area contributed by atoms with Crippen molar-refractivity contribution in [2.45, 2.75) is 19.6 Å². The van der Waals surface area contributed by atoms with Crippen LogP contribution in [0.2, 0.25) is 0 Å². The van der Waals surface area contributed by atoms with Crippen LogP contribution < -0.4 is 5.32 Å². The van der Waals surface area contributed by atoms with Gasteiger partial charge in [0.15, 0.2) is 0 Å². The van der Waals surface area contributed by atoms with Gasteiger partial charge in [-0.3, -0.25) is 4.79 Å². The number of halogens is 2. The molecule has 0 bridgehead atoms. The Morgan fingerprint density at radius 1 is 1.31 bits per heavy atom. The highest BCUT2D eigenvalue weighted by molar-refractivity contribution is 9.10. The van der Waals surface area contributed by atoms with Crippen molar-refractivity contribution >= 4 is 27.5 Å². The van der Waals surface area contributed by atoms with Gasteiger partial charge in [-0.05, 0) is 48.4 Å². The summed E-state index contributed by atoms with van der Waals surface area (Å²) in [4.78, 5) is 16.2. The fourth-order valence-electron chi connectivity index (χ4n) is 2.36. The van der Waals surface area contributed by atoms with Gasteiger partial charge in [-0.1, -0.05) is 28.1 Å². The molecule has 0 spiro atoms. The predicted molar refractivity (Wildman–Crippen MR) is 98.2 cm³/mol. The van der Waals surface area contributed by atoms with Crippen LogP contribution in [0.4, 0.5) is 10.1 Å². The number of rotatable bonds is 5. The zero-order chi connectivity index (χ0) is 18.7. The maximum absolute atomic E-state index is 12.9. The Kier molecular flexibility index (Phi) is 5.43. The molecule has 134 valence electrons. The van der Waals surface area contributed by atoms with Gasteiger partial charge in [0.05, 0.1) is 12.6 Å². The van der Waals surface area contributed by atoms with E-state index in [-0.39, 0.29) is 18.2 Å². The Balaban J connectivity index is 1.65. The molecule has 1 amide bonds. The van der Waals surface area contributed by atoms with Crippen molar-refractivity contribution in [2.24, 2.45) is 0 Å². The summed E-state index contributed by atoms with van der Waals surface area (Å²) in [6, 6.07) is 11.0. The van der Waals surface area contributed by atoms with Gasteiger partial charge < -0.3 is 10.4 Å². The number of aryl methyl sites for hydroxylation is 1. The van der Waals surface area contributed by atoms with E-state index in [0.29, 0.717) is 11.3 Å². The Morgan fingerprint density at radius 3 is 2.73 bits per heavy atom. The molecule has 26 heavy (non-hydrogen) atoms. The van der Waals surface area contributed by atoms with Crippen LogP contribution in [0.15, 0.2) is 53.3 Å². The highest BCUT2D eigenvalue weighted by Crippen LogP contribution is 2.20. The molecule has 0 fully saturated rings. The lowest BCUT2D eigenvalue weighted by Gasteiger charge is -2.10. The SMILES string of the molecule is Cc1cc(NC(=O)c2ncn(C[C@H](O)c3ccc(F)cc3)n2)ccc1Br. The summed E-state index contributed by atoms with van der Waals surface area (Å²) in [5, 5.41) is 17.0. The van der Waals surface area contributed by atoms with Gasteiger partial charge in [-0.2, -0.15) is 0 Å². The standard InChI is InChI=1S/C18H16BrFN4O2/c1-11-8-14(6-7-15(11)19)22-18(26)17-21-10-24(23-17)9-16(25)12-2-4-13(20)5-3-12/h2-8,10,16,25H,9H2,1H3,(H,22,26)/t16-/m0/s1. The van der Waals surface area contributed by atoms with Crippen LogP contribution in [0.3, 0.4) is 0 Å². The number of anilines is 1. The third-order valence-electron chi connectivity index (χ3n) is 3.77. The average Bonchev–Trinajstić information content (AvgIpc) is 3.07. The molecule has 0 radical (unpaired) electrons. The Morgan fingerprint density at radius 2 is 2.04 bits per heavy atom. The molecular weight excluding hydrogens is 403 g/mol. The first kappa shape index (κ1) is 18.2. The summed E-state index contributed by atoms with van der Waals surface area (Å²) in [7, 11) is 0. The smallest absolute Gasteiger partial charge is 0.295 e. The van der Waals surface area contributed by atoms with Crippen molar-refractivity contribution in [1.29, 1.82) is 0 Å². The van der Waals surface area contributed by atoms with Gasteiger partial charge in [0, 0.05) is 10.2 Å². The minimum absolute atomic E-state index is 0.00289. The lowest BCUT2D eigenvalue weighted by atomic mass is 10.1. The number of aliphatic hydroxyl groups excluding tert-OH is 1. The van der Waals surface area contributed by atoms with Crippen LogP contribution in [0.5, 0.6) is 0 Å². The van der Waals surface area contributed by atoms with E-state index in [1.807, 2.05) is 19.1 Å². The van der Waals surface area contributed by atoms with Crippen molar-refractivity contribution in [2.75, 3.05) is 5.32 Å². The van der Waals surface area contributed by atoms with E-state index >= 15 is 0 Å². The summed E-state index contributed by atoms with van der Waals surface area (Å²) in [6.45, 7) is 2.02. The Labute approximate surface area is 157 Å². The van der Waals surface area contributed by atoms with Gasteiger partial charge in [0.25, 0.3) is 5.91 Å². The third kappa shape index (κ3) is 4.33. The molecule has 8 heteroatoms. The van der Waals surface area contributed by atoms with E-state index < -0.39 is 12.0 Å². The van der Waals surface area contributed by atoms with Gasteiger partial charge >= 0.3 is 0 Å². The number of hydrogen-bond donors (Lipinski definition) is 2. The van der Waals surface area contributed by atoms with Gasteiger partial charge in [-0.15, -0.1) is 5.10 Å². The van der Waals surface area contributed by atoms with Crippen LogP contribution in [0.25, 0.3) is 0 Å². The molecule has 2 aromatic carbocycles. The topological polar surface area (TPSA) is 80.0 Å². The molecule has 0 aliphatic heterocycles. The van der Waals surface area contributed by atoms with E-state index in [4.69, 9.17) is 0 Å². The molecule has 0 saturated heterocycles. The predicted octanol–water partition coefficient (Wildman–Crippen LogP) is 3.47. The lowest BCUT2D eigenvalue weighted by molar-refractivity contribution is 0.101. The van der Waals surface area contributed by atoms with Crippen LogP contribution in [-0.2, 0) is 6.54 Å². The molecule has 1 atom stereocenters. The fraction of sp³-hybridized carbons (Fsp3) is 0.167. The Bertz CT molecular complexity index is 927. The van der Waals surface area contributed by atoms with E-state index in [0.717, 1.165) is 10.0 Å². The maximum atomic E-state index is 12.9. The number of carbonyl (C=O) groups excluding carboxylic acids is 1. The third-order valence-corrected chi connectivity index (χ3v) is 4.66. The van der Waals surface area contributed by atoms with Crippen molar-refractivity contribution in [1.82, 2.24) is 14.8 Å². The zero-order valence-electron chi connectivity index (χ0n) is 13.9. The van der Waals surface area contributed by atoms with Crippen molar-refractivity contribution in [3.05, 3.63) is 76.0 Å². The molecule has 2 N–H and O–H groups in total. The fourth-order valence-corrected chi connectivity index (χ4v) is 2.61. The number of nitrogens with zero attached hydrogens (tertiary/aromatic N) is 3. The van der Waals surface area contributed by atoms with E-state index in [2.05, 4.69) is 31.3 Å². The van der Waals surface area contributed by atoms with Crippen LogP contribution in [0.1, 0.15) is 27.8 Å². The minimum atomic E-state index is -0.887. The molecule has 6 nitrogen and oxygen atoms in total. The maximum Gasteiger partial charge on any atom is 0.295 e. The van der Waals surface area contributed by atoms with Crippen LogP contribution in [0, 0.1) is 12.7 Å². The first-order chi connectivity index (χ1) is 12.4. The van der Waals surface area contributed by atoms with Crippen molar-refractivity contribution < 1.29 is 14.3 Å². The molecule has 0 aliphatic rings. The Hall–Kier alpha value is -2.58. The highest BCUT2D eigenvalue weighted by Gasteiger charge is 2.15. The summed E-state index contributed by atoms with van der Waals surface area (Å²) in [6.07, 6.45) is 0.483. The van der Waals surface area contributed by atoms with Crippen LogP contribution in [-0.4, -0.2) is 25.8 Å². The number of amides is 1. The summed E-state index contributed by atoms with van der Waals surface area (Å²) >= 11 is 3.40. The number of aliphatic hydroxyl groups is 1. The highest BCUT2D eigenvalue weighted by atomic mass is 79.9. The van der Waals surface area contributed by atoms with Gasteiger partial charge in [-0.25, -0.2) is 14.1 Å². The average molecular weight is 419 g/mol. The molecule has 0 saturated carbocycles. The summed E-state index contributed by atoms with van der Waals surface area (Å²) in [5.41, 5.74) is 2.18. The minimum Gasteiger partial charge on any atom is -0.386 e. The van der Waals surface area contributed by atoms with Crippen LogP contribution >= 0.6 is 15.9 Å². The normalized spacial score (nSPS) is 12.0. The number of hydrogen-bond acceptors (Lipinski definition) is 4. The summed E-state index contributed by atoms with van der Waals surface area (Å²) in [5.74, 6) is -0.817. The van der Waals surface area contributed by atoms with E-state index in [1.54, 1.807) is 6.07 Å². The number of aromatic nitrogens is 3. The number of benzene rings is 2. The lowest BCUT2D eigenvalue weighted by Crippen LogP contribution is -2.15. The molecular formula is C18H16BrFN4O2. The second-order valence-corrected chi connectivity index (χ2v) is 6.63. The molecule has 1 aromatic heterocycles. The van der Waals surface area contributed by atoms with Gasteiger partial charge in [0.1, 0.15) is 12.1 Å². The largest absolute Gasteiger partial charge is 0.386 e. The first-order valence-electron chi connectivity index (χ1n) is 7.83. The van der Waals surface area contributed by atoms with Gasteiger partial charge in [0.2, 0.25) is 5.82 Å². The van der Waals surface area contributed by atoms with Crippen molar-refractivity contribution in [3.63, 3.8) is 0 Å². The molecule has 1 heterocycles. The monoisotopic (exact) mass is 418 g/mol. The zero-order valence-corrected chi connectivity index (χ0v) is 15.4. The molecule has 3 aromatic rings. The second-order valence-electron chi connectivity index (χ2n) is 5.78. The number of nitrogens with one attached hydrogen (secondary N) is 1.